The van der Waals surface area contributed by atoms with Gasteiger partial charge in [-0.2, -0.15) is 0 Å². The van der Waals surface area contributed by atoms with Gasteiger partial charge in [0.05, 0.1) is 0 Å². The van der Waals surface area contributed by atoms with Gasteiger partial charge in [-0.15, -0.1) is 0 Å². The van der Waals surface area contributed by atoms with Gasteiger partial charge in [-0.3, -0.25) is 4.79 Å². The zero-order chi connectivity index (χ0) is 14.7. The minimum Gasteiger partial charge on any atom is -0.298 e. The summed E-state index contributed by atoms with van der Waals surface area (Å²) in [7, 11) is 0. The van der Waals surface area contributed by atoms with Crippen LogP contribution in [0, 0.1) is 6.92 Å². The molecule has 0 saturated heterocycles. The molecule has 0 atom stereocenters. The lowest BCUT2D eigenvalue weighted by Crippen LogP contribution is -1.88. The van der Waals surface area contributed by atoms with Gasteiger partial charge in [0.15, 0.2) is 6.29 Å². The molecular formula is C20H16O. The third kappa shape index (κ3) is 2.77. The maximum Gasteiger partial charge on any atom is 0.150 e. The van der Waals surface area contributed by atoms with E-state index in [1.807, 2.05) is 36.4 Å². The predicted molar refractivity (Wildman–Crippen MR) is 89.4 cm³/mol. The highest BCUT2D eigenvalue weighted by atomic mass is 16.1. The standard InChI is InChI=1S/C20H16O/c1-15-5-4-6-16(13-15)9-12-20-18(14-21)11-10-17-7-2-3-8-19(17)20/h2-14H,1H3. The fourth-order valence-corrected chi connectivity index (χ4v) is 2.55. The third-order valence-electron chi connectivity index (χ3n) is 3.62. The number of hydrogen-bond acceptors (Lipinski definition) is 1. The van der Waals surface area contributed by atoms with Gasteiger partial charge < -0.3 is 0 Å². The lowest BCUT2D eigenvalue weighted by atomic mass is 9.98. The molecule has 0 aliphatic heterocycles. The Morgan fingerprint density at radius 2 is 1.71 bits per heavy atom. The van der Waals surface area contributed by atoms with Crippen LogP contribution in [0.2, 0.25) is 0 Å². The van der Waals surface area contributed by atoms with Crippen LogP contribution in [-0.2, 0) is 0 Å². The monoisotopic (exact) mass is 272 g/mol. The summed E-state index contributed by atoms with van der Waals surface area (Å²) in [5.41, 5.74) is 4.06. The van der Waals surface area contributed by atoms with Gasteiger partial charge in [0.1, 0.15) is 0 Å². The SMILES string of the molecule is Cc1cccc(C=Cc2c(C=O)ccc3ccccc23)c1. The summed E-state index contributed by atoms with van der Waals surface area (Å²) in [6.45, 7) is 2.08. The van der Waals surface area contributed by atoms with E-state index in [4.69, 9.17) is 0 Å². The van der Waals surface area contributed by atoms with Crippen LogP contribution in [0.25, 0.3) is 22.9 Å². The quantitative estimate of drug-likeness (QED) is 0.477. The number of aldehydes is 1. The van der Waals surface area contributed by atoms with Crippen molar-refractivity contribution in [3.8, 4) is 0 Å². The molecule has 0 unspecified atom stereocenters. The van der Waals surface area contributed by atoms with Gasteiger partial charge in [-0.25, -0.2) is 0 Å². The van der Waals surface area contributed by atoms with Crippen molar-refractivity contribution in [3.63, 3.8) is 0 Å². The van der Waals surface area contributed by atoms with Gasteiger partial charge in [0.25, 0.3) is 0 Å². The number of hydrogen-bond donors (Lipinski definition) is 0. The first kappa shape index (κ1) is 13.3. The molecule has 0 heterocycles. The molecule has 0 aliphatic carbocycles. The molecule has 102 valence electrons. The molecule has 0 saturated carbocycles. The Hall–Kier alpha value is -2.67. The molecule has 3 rings (SSSR count). The second kappa shape index (κ2) is 5.76. The topological polar surface area (TPSA) is 17.1 Å². The molecule has 0 fully saturated rings. The summed E-state index contributed by atoms with van der Waals surface area (Å²) in [4.78, 5) is 11.3. The molecule has 0 amide bonds. The minimum atomic E-state index is 0.720. The first-order valence-electron chi connectivity index (χ1n) is 6.99. The van der Waals surface area contributed by atoms with E-state index >= 15 is 0 Å². The Kier molecular flexibility index (Phi) is 3.65. The van der Waals surface area contributed by atoms with Crippen LogP contribution in [0.4, 0.5) is 0 Å². The van der Waals surface area contributed by atoms with Crippen molar-refractivity contribution in [2.24, 2.45) is 0 Å². The number of carbonyl (C=O) groups is 1. The van der Waals surface area contributed by atoms with Crippen molar-refractivity contribution in [1.29, 1.82) is 0 Å². The van der Waals surface area contributed by atoms with Crippen LogP contribution in [0.15, 0.2) is 60.7 Å². The largest absolute Gasteiger partial charge is 0.298 e. The van der Waals surface area contributed by atoms with E-state index in [-0.39, 0.29) is 0 Å². The highest BCUT2D eigenvalue weighted by Gasteiger charge is 2.03. The normalized spacial score (nSPS) is 11.1. The fraction of sp³-hybridized carbons (Fsp3) is 0.0500. The molecule has 0 spiro atoms. The molecule has 0 aromatic heterocycles. The molecule has 0 N–H and O–H groups in total. The van der Waals surface area contributed by atoms with Crippen molar-refractivity contribution in [2.45, 2.75) is 6.92 Å². The van der Waals surface area contributed by atoms with Gasteiger partial charge in [-0.1, -0.05) is 78.4 Å². The van der Waals surface area contributed by atoms with Gasteiger partial charge in [0.2, 0.25) is 0 Å². The van der Waals surface area contributed by atoms with E-state index in [9.17, 15) is 4.79 Å². The van der Waals surface area contributed by atoms with E-state index in [1.54, 1.807) is 0 Å². The van der Waals surface area contributed by atoms with Crippen molar-refractivity contribution in [2.75, 3.05) is 0 Å². The average Bonchev–Trinajstić information content (AvgIpc) is 2.52. The number of rotatable bonds is 3. The second-order valence-electron chi connectivity index (χ2n) is 5.15. The van der Waals surface area contributed by atoms with Crippen LogP contribution in [0.1, 0.15) is 27.0 Å². The minimum absolute atomic E-state index is 0.720. The summed E-state index contributed by atoms with van der Waals surface area (Å²) in [5, 5.41) is 2.25. The Morgan fingerprint density at radius 1 is 0.857 bits per heavy atom. The summed E-state index contributed by atoms with van der Waals surface area (Å²) in [6, 6.07) is 20.3. The molecule has 1 heteroatoms. The Labute approximate surface area is 124 Å². The maximum atomic E-state index is 11.3. The summed E-state index contributed by atoms with van der Waals surface area (Å²) in [5.74, 6) is 0. The zero-order valence-corrected chi connectivity index (χ0v) is 11.9. The van der Waals surface area contributed by atoms with E-state index < -0.39 is 0 Å². The smallest absolute Gasteiger partial charge is 0.150 e. The average molecular weight is 272 g/mol. The molecule has 3 aromatic carbocycles. The number of fused-ring (bicyclic) bond motifs is 1. The first-order valence-corrected chi connectivity index (χ1v) is 6.99. The Bertz CT molecular complexity index is 828. The van der Waals surface area contributed by atoms with Crippen molar-refractivity contribution >= 4 is 29.2 Å². The molecule has 1 nitrogen and oxygen atoms in total. The fourth-order valence-electron chi connectivity index (χ4n) is 2.55. The highest BCUT2D eigenvalue weighted by Crippen LogP contribution is 2.24. The molecule has 21 heavy (non-hydrogen) atoms. The first-order chi connectivity index (χ1) is 10.3. The van der Waals surface area contributed by atoms with Crippen molar-refractivity contribution in [1.82, 2.24) is 0 Å². The zero-order valence-electron chi connectivity index (χ0n) is 11.9. The van der Waals surface area contributed by atoms with Crippen LogP contribution in [0.3, 0.4) is 0 Å². The Balaban J connectivity index is 2.12. The number of carbonyl (C=O) groups excluding carboxylic acids is 1. The van der Waals surface area contributed by atoms with Crippen molar-refractivity contribution in [3.05, 3.63) is 82.9 Å². The van der Waals surface area contributed by atoms with Crippen molar-refractivity contribution < 1.29 is 4.79 Å². The lowest BCUT2D eigenvalue weighted by Gasteiger charge is -2.05. The van der Waals surface area contributed by atoms with E-state index in [0.717, 1.165) is 33.7 Å². The number of benzene rings is 3. The van der Waals surface area contributed by atoms with E-state index in [0.29, 0.717) is 0 Å². The molecule has 0 radical (unpaired) electrons. The van der Waals surface area contributed by atoms with Crippen LogP contribution in [-0.4, -0.2) is 6.29 Å². The lowest BCUT2D eigenvalue weighted by molar-refractivity contribution is 0.112. The maximum absolute atomic E-state index is 11.3. The molecular weight excluding hydrogens is 256 g/mol. The van der Waals surface area contributed by atoms with E-state index in [2.05, 4.69) is 43.3 Å². The molecule has 0 aliphatic rings. The summed E-state index contributed by atoms with van der Waals surface area (Å²) in [6.07, 6.45) is 5.00. The molecule has 3 aromatic rings. The summed E-state index contributed by atoms with van der Waals surface area (Å²) < 4.78 is 0. The van der Waals surface area contributed by atoms with Crippen LogP contribution >= 0.6 is 0 Å². The van der Waals surface area contributed by atoms with E-state index in [1.165, 1.54) is 5.56 Å². The third-order valence-corrected chi connectivity index (χ3v) is 3.62. The van der Waals surface area contributed by atoms with Gasteiger partial charge >= 0.3 is 0 Å². The second-order valence-corrected chi connectivity index (χ2v) is 5.15. The van der Waals surface area contributed by atoms with Crippen LogP contribution < -0.4 is 0 Å². The van der Waals surface area contributed by atoms with Gasteiger partial charge in [-0.05, 0) is 28.8 Å². The van der Waals surface area contributed by atoms with Crippen LogP contribution in [0.5, 0.6) is 0 Å². The highest BCUT2D eigenvalue weighted by molar-refractivity contribution is 5.99. The van der Waals surface area contributed by atoms with Gasteiger partial charge in [0, 0.05) is 5.56 Å². The molecule has 0 bridgehead atoms. The number of aryl methyl sites for hydroxylation is 1. The summed E-state index contributed by atoms with van der Waals surface area (Å²) >= 11 is 0. The predicted octanol–water partition coefficient (Wildman–Crippen LogP) is 5.13. The Morgan fingerprint density at radius 3 is 2.52 bits per heavy atom.